The van der Waals surface area contributed by atoms with Gasteiger partial charge in [0, 0.05) is 18.6 Å². The lowest BCUT2D eigenvalue weighted by Gasteiger charge is -2.39. The lowest BCUT2D eigenvalue weighted by atomic mass is 9.87. The highest BCUT2D eigenvalue weighted by Crippen LogP contribution is 2.36. The van der Waals surface area contributed by atoms with Crippen molar-refractivity contribution in [2.45, 2.75) is 31.0 Å². The van der Waals surface area contributed by atoms with E-state index in [-0.39, 0.29) is 25.4 Å². The van der Waals surface area contributed by atoms with Gasteiger partial charge in [-0.2, -0.15) is 17.5 Å². The Morgan fingerprint density at radius 1 is 1.22 bits per heavy atom. The van der Waals surface area contributed by atoms with Crippen LogP contribution in [0.3, 0.4) is 0 Å². The molecule has 1 spiro atoms. The fraction of sp³-hybridized carbons (Fsp3) is 0.846. The van der Waals surface area contributed by atoms with Crippen LogP contribution in [0.2, 0.25) is 0 Å². The molecule has 10 heteroatoms. The van der Waals surface area contributed by atoms with E-state index in [0.29, 0.717) is 5.88 Å². The van der Waals surface area contributed by atoms with E-state index in [1.165, 1.54) is 6.42 Å². The Hall–Kier alpha value is -1.13. The van der Waals surface area contributed by atoms with Gasteiger partial charge in [-0.05, 0) is 19.4 Å². The van der Waals surface area contributed by atoms with E-state index in [2.05, 4.69) is 19.0 Å². The first-order chi connectivity index (χ1) is 11.0. The van der Waals surface area contributed by atoms with Crippen LogP contribution >= 0.6 is 11.7 Å². The maximum atomic E-state index is 12.0. The number of halogens is 3. The second-order valence-corrected chi connectivity index (χ2v) is 6.38. The summed E-state index contributed by atoms with van der Waals surface area (Å²) in [4.78, 5) is 2.15. The molecule has 6 nitrogen and oxygen atoms in total. The zero-order valence-corrected chi connectivity index (χ0v) is 13.4. The van der Waals surface area contributed by atoms with Crippen molar-refractivity contribution in [3.63, 3.8) is 0 Å². The molecule has 0 radical (unpaired) electrons. The smallest absolute Gasteiger partial charge is 0.391 e. The summed E-state index contributed by atoms with van der Waals surface area (Å²) in [5.74, 6) is 1.15. The second kappa shape index (κ2) is 6.78. The quantitative estimate of drug-likeness (QED) is 0.756. The minimum atomic E-state index is -4.19. The first kappa shape index (κ1) is 16.7. The van der Waals surface area contributed by atoms with Crippen LogP contribution in [-0.4, -0.2) is 59.9 Å². The molecule has 2 fully saturated rings. The van der Waals surface area contributed by atoms with Gasteiger partial charge in [0.1, 0.15) is 6.61 Å². The summed E-state index contributed by atoms with van der Waals surface area (Å²) in [6.07, 6.45) is -2.89. The molecule has 0 bridgehead atoms. The Bertz CT molecular complexity index is 522. The molecule has 1 atom stereocenters. The van der Waals surface area contributed by atoms with Gasteiger partial charge < -0.3 is 19.7 Å². The molecule has 0 saturated carbocycles. The summed E-state index contributed by atoms with van der Waals surface area (Å²) in [7, 11) is 0. The first-order valence-electron chi connectivity index (χ1n) is 7.57. The molecule has 3 rings (SSSR count). The molecule has 0 aliphatic carbocycles. The Morgan fingerprint density at radius 3 is 2.70 bits per heavy atom. The minimum absolute atomic E-state index is 0.0958. The van der Waals surface area contributed by atoms with Crippen LogP contribution in [0, 0.1) is 0 Å². The summed E-state index contributed by atoms with van der Waals surface area (Å²) in [5.41, 5.74) is 0.210. The average molecular weight is 352 g/mol. The predicted molar refractivity (Wildman–Crippen MR) is 79.1 cm³/mol. The lowest BCUT2D eigenvalue weighted by molar-refractivity contribution is -0.145. The third-order valence-corrected chi connectivity index (χ3v) is 4.70. The number of nitrogens with one attached hydrogen (secondary N) is 1. The third kappa shape index (κ3) is 4.24. The molecular weight excluding hydrogens is 333 g/mol. The van der Waals surface area contributed by atoms with Crippen LogP contribution < -0.4 is 15.0 Å². The van der Waals surface area contributed by atoms with Crippen molar-refractivity contribution in [2.75, 3.05) is 44.4 Å². The highest BCUT2D eigenvalue weighted by Gasteiger charge is 2.43. The number of ether oxygens (including phenoxy) is 2. The standard InChI is InChI=1S/C13H19F3N4O2S/c14-13(15,16)3-6-21-7-8-22-11-10(18-23-19-11)20-5-2-12(9-20)1-4-17-12/h17H,1-9H2. The summed E-state index contributed by atoms with van der Waals surface area (Å²) >= 11 is 1.07. The monoisotopic (exact) mass is 352 g/mol. The third-order valence-electron chi connectivity index (χ3n) is 4.20. The minimum Gasteiger partial charge on any atom is -0.472 e. The first-order valence-corrected chi connectivity index (χ1v) is 8.30. The maximum Gasteiger partial charge on any atom is 0.391 e. The normalized spacial score (nSPS) is 24.2. The second-order valence-electron chi connectivity index (χ2n) is 5.85. The van der Waals surface area contributed by atoms with Crippen molar-refractivity contribution in [3.05, 3.63) is 0 Å². The van der Waals surface area contributed by atoms with Gasteiger partial charge in [-0.25, -0.2) is 0 Å². The van der Waals surface area contributed by atoms with Crippen molar-refractivity contribution in [1.29, 1.82) is 0 Å². The van der Waals surface area contributed by atoms with Gasteiger partial charge in [-0.15, -0.1) is 4.37 Å². The molecule has 23 heavy (non-hydrogen) atoms. The van der Waals surface area contributed by atoms with Gasteiger partial charge in [-0.1, -0.05) is 0 Å². The molecule has 3 heterocycles. The Labute approximate surface area is 136 Å². The zero-order chi connectivity index (χ0) is 16.3. The largest absolute Gasteiger partial charge is 0.472 e. The highest BCUT2D eigenvalue weighted by atomic mass is 32.1. The average Bonchev–Trinajstić information content (AvgIpc) is 3.07. The number of rotatable bonds is 7. The van der Waals surface area contributed by atoms with E-state index in [1.54, 1.807) is 0 Å². The van der Waals surface area contributed by atoms with E-state index in [1.807, 2.05) is 0 Å². The number of nitrogens with zero attached hydrogens (tertiary/aromatic N) is 3. The number of hydrogen-bond acceptors (Lipinski definition) is 7. The Balaban J connectivity index is 1.41. The molecule has 1 aromatic rings. The summed E-state index contributed by atoms with van der Waals surface area (Å²) < 4.78 is 54.7. The molecule has 0 amide bonds. The summed E-state index contributed by atoms with van der Waals surface area (Å²) in [6.45, 7) is 2.75. The molecule has 0 aromatic carbocycles. The van der Waals surface area contributed by atoms with Gasteiger partial charge in [-0.3, -0.25) is 0 Å². The molecule has 2 aliphatic rings. The molecular formula is C13H19F3N4O2S. The number of aromatic nitrogens is 2. The van der Waals surface area contributed by atoms with E-state index in [9.17, 15) is 13.2 Å². The predicted octanol–water partition coefficient (Wildman–Crippen LogP) is 1.83. The Kier molecular flexibility index (Phi) is 4.93. The van der Waals surface area contributed by atoms with E-state index in [4.69, 9.17) is 9.47 Å². The van der Waals surface area contributed by atoms with E-state index in [0.717, 1.165) is 43.6 Å². The van der Waals surface area contributed by atoms with Gasteiger partial charge in [0.05, 0.1) is 31.4 Å². The fourth-order valence-corrected chi connectivity index (χ4v) is 3.35. The van der Waals surface area contributed by atoms with Crippen molar-refractivity contribution >= 4 is 17.5 Å². The van der Waals surface area contributed by atoms with Crippen molar-refractivity contribution in [1.82, 2.24) is 14.1 Å². The number of hydrogen-bond donors (Lipinski definition) is 1. The molecule has 2 aliphatic heterocycles. The van der Waals surface area contributed by atoms with Crippen molar-refractivity contribution < 1.29 is 22.6 Å². The molecule has 2 saturated heterocycles. The maximum absolute atomic E-state index is 12.0. The summed E-state index contributed by atoms with van der Waals surface area (Å²) in [6, 6.07) is 0. The highest BCUT2D eigenvalue weighted by molar-refractivity contribution is 6.99. The van der Waals surface area contributed by atoms with Crippen LogP contribution in [0.5, 0.6) is 5.88 Å². The number of anilines is 1. The summed E-state index contributed by atoms with van der Waals surface area (Å²) in [5, 5.41) is 3.47. The fourth-order valence-electron chi connectivity index (χ4n) is 2.83. The van der Waals surface area contributed by atoms with Crippen LogP contribution in [0.1, 0.15) is 19.3 Å². The van der Waals surface area contributed by atoms with Crippen LogP contribution in [0.25, 0.3) is 0 Å². The van der Waals surface area contributed by atoms with Crippen molar-refractivity contribution in [3.8, 4) is 5.88 Å². The van der Waals surface area contributed by atoms with Crippen LogP contribution in [-0.2, 0) is 4.74 Å². The molecule has 1 N–H and O–H groups in total. The van der Waals surface area contributed by atoms with E-state index >= 15 is 0 Å². The number of alkyl halides is 3. The van der Waals surface area contributed by atoms with E-state index < -0.39 is 12.6 Å². The lowest BCUT2D eigenvalue weighted by Crippen LogP contribution is -2.58. The van der Waals surface area contributed by atoms with Crippen LogP contribution in [0.15, 0.2) is 0 Å². The molecule has 130 valence electrons. The van der Waals surface area contributed by atoms with Gasteiger partial charge >= 0.3 is 6.18 Å². The molecule has 1 unspecified atom stereocenters. The Morgan fingerprint density at radius 2 is 2.04 bits per heavy atom. The van der Waals surface area contributed by atoms with Gasteiger partial charge in [0.15, 0.2) is 0 Å². The van der Waals surface area contributed by atoms with Crippen molar-refractivity contribution in [2.24, 2.45) is 0 Å². The topological polar surface area (TPSA) is 59.5 Å². The van der Waals surface area contributed by atoms with Crippen LogP contribution in [0.4, 0.5) is 19.0 Å². The zero-order valence-electron chi connectivity index (χ0n) is 12.6. The molecule has 1 aromatic heterocycles. The van der Waals surface area contributed by atoms with Gasteiger partial charge in [0.25, 0.3) is 5.88 Å². The SMILES string of the molecule is FC(F)(F)CCOCCOc1nsnc1N1CCC2(CCN2)C1. The van der Waals surface area contributed by atoms with Gasteiger partial charge in [0.2, 0.25) is 5.82 Å².